The smallest absolute Gasteiger partial charge is 0.335 e. The van der Waals surface area contributed by atoms with Crippen LogP contribution >= 0.6 is 11.6 Å². The highest BCUT2D eigenvalue weighted by Gasteiger charge is 2.04. The lowest BCUT2D eigenvalue weighted by molar-refractivity contribution is 0.0697. The number of benzene rings is 2. The van der Waals surface area contributed by atoms with Gasteiger partial charge in [-0.05, 0) is 42.3 Å². The van der Waals surface area contributed by atoms with Crippen molar-refractivity contribution < 1.29 is 9.90 Å². The molecule has 0 aliphatic carbocycles. The molecule has 0 unspecified atom stereocenters. The molecule has 0 saturated carbocycles. The maximum absolute atomic E-state index is 10.9. The summed E-state index contributed by atoms with van der Waals surface area (Å²) < 4.78 is 0. The number of rotatable bonds is 4. The molecule has 0 spiro atoms. The Morgan fingerprint density at radius 3 is 2.74 bits per heavy atom. The van der Waals surface area contributed by atoms with E-state index in [0.717, 1.165) is 16.8 Å². The SMILES string of the molecule is Cc1ccc(NCc2cccc(C(=O)O)c2)c(Cl)c1. The summed E-state index contributed by atoms with van der Waals surface area (Å²) in [7, 11) is 0. The second kappa shape index (κ2) is 5.76. The van der Waals surface area contributed by atoms with E-state index in [2.05, 4.69) is 5.32 Å². The van der Waals surface area contributed by atoms with Crippen molar-refractivity contribution in [1.29, 1.82) is 0 Å². The Hall–Kier alpha value is -2.00. The van der Waals surface area contributed by atoms with Crippen molar-refractivity contribution in [3.05, 3.63) is 64.2 Å². The largest absolute Gasteiger partial charge is 0.478 e. The number of anilines is 1. The summed E-state index contributed by atoms with van der Waals surface area (Å²) in [6.07, 6.45) is 0. The Labute approximate surface area is 116 Å². The Morgan fingerprint density at radius 1 is 1.26 bits per heavy atom. The molecule has 0 aliphatic rings. The van der Waals surface area contributed by atoms with Crippen LogP contribution in [-0.2, 0) is 6.54 Å². The first-order chi connectivity index (χ1) is 9.06. The zero-order valence-corrected chi connectivity index (χ0v) is 11.2. The predicted octanol–water partition coefficient (Wildman–Crippen LogP) is 3.96. The van der Waals surface area contributed by atoms with Gasteiger partial charge in [0.25, 0.3) is 0 Å². The fourth-order valence-electron chi connectivity index (χ4n) is 1.78. The maximum atomic E-state index is 10.9. The lowest BCUT2D eigenvalue weighted by atomic mass is 10.1. The molecule has 0 saturated heterocycles. The number of halogens is 1. The first-order valence-corrected chi connectivity index (χ1v) is 6.26. The fourth-order valence-corrected chi connectivity index (χ4v) is 2.08. The molecule has 0 atom stereocenters. The van der Waals surface area contributed by atoms with Crippen molar-refractivity contribution >= 4 is 23.3 Å². The molecule has 0 aliphatic heterocycles. The van der Waals surface area contributed by atoms with Gasteiger partial charge in [-0.15, -0.1) is 0 Å². The Balaban J connectivity index is 2.10. The van der Waals surface area contributed by atoms with Crippen LogP contribution in [0.15, 0.2) is 42.5 Å². The number of hydrogen-bond acceptors (Lipinski definition) is 2. The second-order valence-electron chi connectivity index (χ2n) is 4.34. The highest BCUT2D eigenvalue weighted by molar-refractivity contribution is 6.33. The number of carbonyl (C=O) groups is 1. The second-order valence-corrected chi connectivity index (χ2v) is 4.75. The quantitative estimate of drug-likeness (QED) is 0.888. The fraction of sp³-hybridized carbons (Fsp3) is 0.133. The van der Waals surface area contributed by atoms with E-state index >= 15 is 0 Å². The van der Waals surface area contributed by atoms with Gasteiger partial charge in [-0.2, -0.15) is 0 Å². The molecular formula is C15H14ClNO2. The molecular weight excluding hydrogens is 262 g/mol. The molecule has 4 heteroatoms. The van der Waals surface area contributed by atoms with Crippen molar-refractivity contribution in [1.82, 2.24) is 0 Å². The summed E-state index contributed by atoms with van der Waals surface area (Å²) in [5, 5.41) is 12.8. The highest BCUT2D eigenvalue weighted by atomic mass is 35.5. The van der Waals surface area contributed by atoms with Crippen LogP contribution in [-0.4, -0.2) is 11.1 Å². The third kappa shape index (κ3) is 3.48. The summed E-state index contributed by atoms with van der Waals surface area (Å²) in [6, 6.07) is 12.6. The van der Waals surface area contributed by atoms with Crippen LogP contribution < -0.4 is 5.32 Å². The maximum Gasteiger partial charge on any atom is 0.335 e. The van der Waals surface area contributed by atoms with E-state index < -0.39 is 5.97 Å². The third-order valence-electron chi connectivity index (χ3n) is 2.78. The van der Waals surface area contributed by atoms with E-state index in [4.69, 9.17) is 16.7 Å². The van der Waals surface area contributed by atoms with Crippen molar-refractivity contribution in [2.75, 3.05) is 5.32 Å². The van der Waals surface area contributed by atoms with Crippen molar-refractivity contribution in [2.45, 2.75) is 13.5 Å². The zero-order valence-electron chi connectivity index (χ0n) is 10.5. The number of hydrogen-bond donors (Lipinski definition) is 2. The first-order valence-electron chi connectivity index (χ1n) is 5.88. The van der Waals surface area contributed by atoms with Gasteiger partial charge in [0.15, 0.2) is 0 Å². The van der Waals surface area contributed by atoms with Crippen LogP contribution in [0.2, 0.25) is 5.02 Å². The predicted molar refractivity (Wildman–Crippen MR) is 76.9 cm³/mol. The van der Waals surface area contributed by atoms with Crippen LogP contribution in [0.3, 0.4) is 0 Å². The number of aryl methyl sites for hydroxylation is 1. The van der Waals surface area contributed by atoms with Crippen LogP contribution in [0.4, 0.5) is 5.69 Å². The average Bonchev–Trinajstić information content (AvgIpc) is 2.38. The normalized spacial score (nSPS) is 10.2. The molecule has 0 aromatic heterocycles. The van der Waals surface area contributed by atoms with Crippen LogP contribution in [0, 0.1) is 6.92 Å². The van der Waals surface area contributed by atoms with Crippen LogP contribution in [0.1, 0.15) is 21.5 Å². The van der Waals surface area contributed by atoms with E-state index in [9.17, 15) is 4.79 Å². The lowest BCUT2D eigenvalue weighted by Crippen LogP contribution is -2.02. The zero-order chi connectivity index (χ0) is 13.8. The molecule has 2 aromatic rings. The molecule has 0 heterocycles. The third-order valence-corrected chi connectivity index (χ3v) is 3.09. The molecule has 2 aromatic carbocycles. The van der Waals surface area contributed by atoms with E-state index in [1.165, 1.54) is 0 Å². The van der Waals surface area contributed by atoms with E-state index in [-0.39, 0.29) is 5.56 Å². The monoisotopic (exact) mass is 275 g/mol. The minimum Gasteiger partial charge on any atom is -0.478 e. The topological polar surface area (TPSA) is 49.3 Å². The minimum atomic E-state index is -0.921. The van der Waals surface area contributed by atoms with Crippen LogP contribution in [0.5, 0.6) is 0 Å². The van der Waals surface area contributed by atoms with Gasteiger partial charge in [0.1, 0.15) is 0 Å². The Morgan fingerprint density at radius 2 is 2.05 bits per heavy atom. The van der Waals surface area contributed by atoms with Gasteiger partial charge in [0, 0.05) is 6.54 Å². The minimum absolute atomic E-state index is 0.286. The number of carboxylic acid groups (broad SMARTS) is 1. The van der Waals surface area contributed by atoms with E-state index in [0.29, 0.717) is 11.6 Å². The average molecular weight is 276 g/mol. The summed E-state index contributed by atoms with van der Waals surface area (Å²) in [5.41, 5.74) is 3.13. The van der Waals surface area contributed by atoms with Crippen LogP contribution in [0.25, 0.3) is 0 Å². The molecule has 19 heavy (non-hydrogen) atoms. The number of carboxylic acids is 1. The summed E-state index contributed by atoms with van der Waals surface area (Å²) in [6.45, 7) is 2.51. The summed E-state index contributed by atoms with van der Waals surface area (Å²) in [5.74, 6) is -0.921. The van der Waals surface area contributed by atoms with Gasteiger partial charge >= 0.3 is 5.97 Å². The van der Waals surface area contributed by atoms with E-state index in [1.807, 2.05) is 31.2 Å². The van der Waals surface area contributed by atoms with Gasteiger partial charge in [-0.3, -0.25) is 0 Å². The number of nitrogens with one attached hydrogen (secondary N) is 1. The summed E-state index contributed by atoms with van der Waals surface area (Å²) >= 11 is 6.12. The van der Waals surface area contributed by atoms with Gasteiger partial charge in [-0.25, -0.2) is 4.79 Å². The molecule has 0 fully saturated rings. The summed E-state index contributed by atoms with van der Waals surface area (Å²) in [4.78, 5) is 10.9. The number of aromatic carboxylic acids is 1. The Bertz CT molecular complexity index is 611. The molecule has 3 nitrogen and oxygen atoms in total. The van der Waals surface area contributed by atoms with Gasteiger partial charge in [0.05, 0.1) is 16.3 Å². The standard InChI is InChI=1S/C15H14ClNO2/c1-10-5-6-14(13(16)7-10)17-9-11-3-2-4-12(8-11)15(18)19/h2-8,17H,9H2,1H3,(H,18,19). The molecule has 0 radical (unpaired) electrons. The molecule has 98 valence electrons. The molecule has 0 amide bonds. The van der Waals surface area contributed by atoms with Gasteiger partial charge in [-0.1, -0.05) is 29.8 Å². The lowest BCUT2D eigenvalue weighted by Gasteiger charge is -2.09. The highest BCUT2D eigenvalue weighted by Crippen LogP contribution is 2.23. The molecule has 0 bridgehead atoms. The van der Waals surface area contributed by atoms with Crippen molar-refractivity contribution in [3.63, 3.8) is 0 Å². The van der Waals surface area contributed by atoms with E-state index in [1.54, 1.807) is 18.2 Å². The molecule has 2 rings (SSSR count). The van der Waals surface area contributed by atoms with Gasteiger partial charge in [0.2, 0.25) is 0 Å². The van der Waals surface area contributed by atoms with Gasteiger partial charge < -0.3 is 10.4 Å². The molecule has 2 N–H and O–H groups in total. The van der Waals surface area contributed by atoms with Crippen molar-refractivity contribution in [3.8, 4) is 0 Å². The Kier molecular flexibility index (Phi) is 4.07. The first kappa shape index (κ1) is 13.4. The van der Waals surface area contributed by atoms with Crippen molar-refractivity contribution in [2.24, 2.45) is 0 Å².